The Labute approximate surface area is 166 Å². The van der Waals surface area contributed by atoms with Gasteiger partial charge in [-0.25, -0.2) is 14.9 Å². The number of hydrogen-bond acceptors (Lipinski definition) is 6. The van der Waals surface area contributed by atoms with Crippen LogP contribution in [-0.4, -0.2) is 46.1 Å². The summed E-state index contributed by atoms with van der Waals surface area (Å²) in [6, 6.07) is 2.78. The first-order valence-corrected chi connectivity index (χ1v) is 9.41. The highest BCUT2D eigenvalue weighted by molar-refractivity contribution is 7.09. The minimum absolute atomic E-state index is 0.179. The number of ether oxygens (including phenoxy) is 1. The molecule has 0 radical (unpaired) electrons. The fraction of sp³-hybridized carbons (Fsp3) is 0.562. The second kappa shape index (κ2) is 10.4. The summed E-state index contributed by atoms with van der Waals surface area (Å²) in [5.74, 6) is -1.02. The number of rotatable bonds is 9. The number of guanidine groups is 1. The average molecular weight is 414 g/mol. The summed E-state index contributed by atoms with van der Waals surface area (Å²) in [5.41, 5.74) is 10.1. The minimum Gasteiger partial charge on any atom is -0.444 e. The molecule has 1 aromatic rings. The molecule has 0 spiro atoms. The number of carbonyl (C=O) groups is 2. The lowest BCUT2D eigenvalue weighted by Gasteiger charge is -2.31. The molecule has 0 unspecified atom stereocenters. The molecule has 1 aromatic heterocycles. The lowest BCUT2D eigenvalue weighted by molar-refractivity contribution is -0.485. The number of amides is 2. The predicted octanol–water partition coefficient (Wildman–Crippen LogP) is 1.22. The summed E-state index contributed by atoms with van der Waals surface area (Å²) in [5, 5.41) is 16.7. The molecule has 1 atom stereocenters. The molecular weight excluding hydrogens is 388 g/mol. The van der Waals surface area contributed by atoms with Crippen LogP contribution in [0.2, 0.25) is 0 Å². The quantitative estimate of drug-likeness (QED) is 0.179. The van der Waals surface area contributed by atoms with Gasteiger partial charge in [0.1, 0.15) is 16.7 Å². The molecule has 12 heteroatoms. The van der Waals surface area contributed by atoms with Gasteiger partial charge in [0.2, 0.25) is 5.91 Å². The lowest BCUT2D eigenvalue weighted by Crippen LogP contribution is -2.49. The maximum Gasteiger partial charge on any atom is 0.411 e. The normalized spacial score (nSPS) is 12.9. The van der Waals surface area contributed by atoms with E-state index in [-0.39, 0.29) is 25.5 Å². The number of nitrogens with zero attached hydrogens (tertiary/aromatic N) is 3. The first kappa shape index (κ1) is 23.1. The Bertz CT molecular complexity index is 701. The Balaban J connectivity index is 2.84. The fourth-order valence-electron chi connectivity index (χ4n) is 2.28. The summed E-state index contributed by atoms with van der Waals surface area (Å²) < 4.78 is 5.42. The standard InChI is InChI=1S/C16H26N6O5S/c1-16(2,3)27-15(24)21(10-11-6-5-9-28-11)12(13(17)23)7-4-8-19-14(18)20-22(25)26/h5-6,9,12H,4,7-8,10H2,1-3H3,(H2,17,23)(H3,18,19,20)/t12-/m1/s1. The zero-order chi connectivity index (χ0) is 21.3. The number of thiophene rings is 1. The van der Waals surface area contributed by atoms with Gasteiger partial charge in [-0.2, -0.15) is 0 Å². The van der Waals surface area contributed by atoms with E-state index in [4.69, 9.17) is 16.2 Å². The van der Waals surface area contributed by atoms with Gasteiger partial charge in [0.05, 0.1) is 6.54 Å². The number of hydrazone groups is 1. The van der Waals surface area contributed by atoms with Crippen molar-refractivity contribution in [3.05, 3.63) is 32.5 Å². The zero-order valence-corrected chi connectivity index (χ0v) is 16.9. The van der Waals surface area contributed by atoms with E-state index in [2.05, 4.69) is 10.4 Å². The van der Waals surface area contributed by atoms with Crippen LogP contribution in [0, 0.1) is 10.1 Å². The highest BCUT2D eigenvalue weighted by Crippen LogP contribution is 2.20. The third kappa shape index (κ3) is 8.66. The predicted molar refractivity (Wildman–Crippen MR) is 105 cm³/mol. The van der Waals surface area contributed by atoms with Crippen molar-refractivity contribution in [2.75, 3.05) is 6.54 Å². The number of nitrogens with one attached hydrogen (secondary N) is 1. The molecule has 0 aliphatic carbocycles. The Morgan fingerprint density at radius 3 is 2.61 bits per heavy atom. The van der Waals surface area contributed by atoms with E-state index < -0.39 is 28.7 Å². The molecule has 11 nitrogen and oxygen atoms in total. The third-order valence-corrected chi connectivity index (χ3v) is 4.25. The summed E-state index contributed by atoms with van der Waals surface area (Å²) in [6.45, 7) is 5.59. The smallest absolute Gasteiger partial charge is 0.411 e. The van der Waals surface area contributed by atoms with Gasteiger partial charge < -0.3 is 21.5 Å². The number of primary amides is 1. The van der Waals surface area contributed by atoms with Gasteiger partial charge >= 0.3 is 6.09 Å². The minimum atomic E-state index is -0.917. The van der Waals surface area contributed by atoms with E-state index >= 15 is 0 Å². The largest absolute Gasteiger partial charge is 0.444 e. The van der Waals surface area contributed by atoms with Gasteiger partial charge in [0.25, 0.3) is 5.96 Å². The maximum atomic E-state index is 12.7. The van der Waals surface area contributed by atoms with Crippen LogP contribution < -0.4 is 16.8 Å². The second-order valence-electron chi connectivity index (χ2n) is 6.90. The van der Waals surface area contributed by atoms with Crippen LogP contribution in [0.25, 0.3) is 0 Å². The van der Waals surface area contributed by atoms with E-state index in [1.807, 2.05) is 17.5 Å². The van der Waals surface area contributed by atoms with Crippen molar-refractivity contribution < 1.29 is 19.4 Å². The van der Waals surface area contributed by atoms with Gasteiger partial charge in [-0.1, -0.05) is 6.07 Å². The Hall–Kier alpha value is -2.89. The van der Waals surface area contributed by atoms with Gasteiger partial charge in [0, 0.05) is 11.4 Å². The molecule has 0 saturated carbocycles. The molecule has 0 aromatic carbocycles. The SMILES string of the molecule is CC(C)(C)OC(=O)N(Cc1cccs1)[C@H](CCCNC(N)=N[N+](=O)[O-])C(N)=O. The average Bonchev–Trinajstić information content (AvgIpc) is 3.03. The zero-order valence-electron chi connectivity index (χ0n) is 16.1. The molecule has 28 heavy (non-hydrogen) atoms. The van der Waals surface area contributed by atoms with Gasteiger partial charge in [-0.05, 0) is 45.1 Å². The van der Waals surface area contributed by atoms with Gasteiger partial charge in [-0.3, -0.25) is 9.69 Å². The fourth-order valence-corrected chi connectivity index (χ4v) is 2.98. The second-order valence-corrected chi connectivity index (χ2v) is 7.93. The van der Waals surface area contributed by atoms with Crippen LogP contribution in [0.4, 0.5) is 4.79 Å². The molecule has 0 aliphatic rings. The van der Waals surface area contributed by atoms with Crippen LogP contribution >= 0.6 is 11.3 Å². The Morgan fingerprint density at radius 2 is 2.11 bits per heavy atom. The number of hydrogen-bond donors (Lipinski definition) is 3. The van der Waals surface area contributed by atoms with Crippen molar-refractivity contribution >= 4 is 29.3 Å². The maximum absolute atomic E-state index is 12.7. The molecule has 1 rings (SSSR count). The molecule has 0 saturated heterocycles. The Morgan fingerprint density at radius 1 is 1.43 bits per heavy atom. The highest BCUT2D eigenvalue weighted by atomic mass is 32.1. The summed E-state index contributed by atoms with van der Waals surface area (Å²) >= 11 is 1.44. The Kier molecular flexibility index (Phi) is 8.64. The first-order valence-electron chi connectivity index (χ1n) is 8.53. The monoisotopic (exact) mass is 414 g/mol. The third-order valence-electron chi connectivity index (χ3n) is 3.39. The summed E-state index contributed by atoms with van der Waals surface area (Å²) in [7, 11) is 0. The van der Waals surface area contributed by atoms with Crippen molar-refractivity contribution in [2.24, 2.45) is 16.6 Å². The van der Waals surface area contributed by atoms with Crippen LogP contribution in [0.5, 0.6) is 0 Å². The molecule has 156 valence electrons. The summed E-state index contributed by atoms with van der Waals surface area (Å²) in [4.78, 5) is 37.1. The summed E-state index contributed by atoms with van der Waals surface area (Å²) in [6.07, 6.45) is -0.0589. The van der Waals surface area contributed by atoms with E-state index in [0.717, 1.165) is 4.88 Å². The molecule has 5 N–H and O–H groups in total. The van der Waals surface area contributed by atoms with E-state index in [1.165, 1.54) is 16.2 Å². The van der Waals surface area contributed by atoms with E-state index in [9.17, 15) is 19.7 Å². The molecule has 0 aliphatic heterocycles. The number of nitro groups is 1. The van der Waals surface area contributed by atoms with Crippen molar-refractivity contribution in [1.82, 2.24) is 10.2 Å². The van der Waals surface area contributed by atoms with Crippen molar-refractivity contribution in [1.29, 1.82) is 0 Å². The molecule has 2 amide bonds. The molecule has 0 fully saturated rings. The number of nitrogens with two attached hydrogens (primary N) is 2. The van der Waals surface area contributed by atoms with Gasteiger partial charge in [0.15, 0.2) is 5.03 Å². The van der Waals surface area contributed by atoms with Crippen LogP contribution in [0.1, 0.15) is 38.5 Å². The van der Waals surface area contributed by atoms with Crippen LogP contribution in [0.3, 0.4) is 0 Å². The van der Waals surface area contributed by atoms with Gasteiger partial charge in [-0.15, -0.1) is 11.3 Å². The topological polar surface area (TPSA) is 166 Å². The first-order chi connectivity index (χ1) is 13.0. The number of carbonyl (C=O) groups excluding carboxylic acids is 2. The molecule has 0 bridgehead atoms. The van der Waals surface area contributed by atoms with Crippen molar-refractivity contribution in [3.8, 4) is 0 Å². The van der Waals surface area contributed by atoms with E-state index in [1.54, 1.807) is 20.8 Å². The van der Waals surface area contributed by atoms with Crippen molar-refractivity contribution in [3.63, 3.8) is 0 Å². The van der Waals surface area contributed by atoms with E-state index in [0.29, 0.717) is 6.42 Å². The van der Waals surface area contributed by atoms with Crippen molar-refractivity contribution in [2.45, 2.75) is 51.8 Å². The molecular formula is C16H26N6O5S. The lowest BCUT2D eigenvalue weighted by atomic mass is 10.1. The van der Waals surface area contributed by atoms with Crippen LogP contribution in [-0.2, 0) is 16.1 Å². The van der Waals surface area contributed by atoms with Crippen LogP contribution in [0.15, 0.2) is 22.6 Å². The molecule has 1 heterocycles. The highest BCUT2D eigenvalue weighted by Gasteiger charge is 2.31.